The van der Waals surface area contributed by atoms with E-state index in [1.807, 2.05) is 24.1 Å². The van der Waals surface area contributed by atoms with Gasteiger partial charge >= 0.3 is 0 Å². The van der Waals surface area contributed by atoms with Crippen LogP contribution in [0.25, 0.3) is 0 Å². The smallest absolute Gasteiger partial charge is 0.194 e. The van der Waals surface area contributed by atoms with E-state index in [0.717, 1.165) is 50.2 Å². The second kappa shape index (κ2) is 13.4. The van der Waals surface area contributed by atoms with E-state index in [1.54, 1.807) is 0 Å². The summed E-state index contributed by atoms with van der Waals surface area (Å²) in [5.41, 5.74) is 1.14. The summed E-state index contributed by atoms with van der Waals surface area (Å²) in [6.45, 7) is 11.0. The molecule has 0 radical (unpaired) electrons. The summed E-state index contributed by atoms with van der Waals surface area (Å²) in [6, 6.07) is 0. The van der Waals surface area contributed by atoms with Crippen molar-refractivity contribution in [2.24, 2.45) is 18.0 Å². The largest absolute Gasteiger partial charge is 0.370 e. The van der Waals surface area contributed by atoms with Crippen LogP contribution in [0.15, 0.2) is 17.4 Å². The first-order chi connectivity index (χ1) is 12.6. The van der Waals surface area contributed by atoms with Crippen molar-refractivity contribution in [3.05, 3.63) is 18.0 Å². The monoisotopic (exact) mass is 491 g/mol. The van der Waals surface area contributed by atoms with Gasteiger partial charge in [0.05, 0.1) is 19.3 Å². The molecule has 1 aromatic heterocycles. The van der Waals surface area contributed by atoms with Crippen LogP contribution >= 0.6 is 24.0 Å². The van der Waals surface area contributed by atoms with Crippen molar-refractivity contribution in [3.8, 4) is 0 Å². The van der Waals surface area contributed by atoms with E-state index in [4.69, 9.17) is 9.73 Å². The van der Waals surface area contributed by atoms with Gasteiger partial charge < -0.3 is 15.0 Å². The molecule has 0 aromatic carbocycles. The third kappa shape index (κ3) is 8.81. The van der Waals surface area contributed by atoms with E-state index in [2.05, 4.69) is 36.1 Å². The van der Waals surface area contributed by atoms with Gasteiger partial charge in [-0.25, -0.2) is 0 Å². The fourth-order valence-corrected chi connectivity index (χ4v) is 3.28. The molecule has 0 saturated carbocycles. The molecule has 1 aliphatic rings. The van der Waals surface area contributed by atoms with Gasteiger partial charge in [-0.15, -0.1) is 24.0 Å². The lowest BCUT2D eigenvalue weighted by atomic mass is 10.0. The lowest BCUT2D eigenvalue weighted by Crippen LogP contribution is -2.48. The number of hydrogen-bond acceptors (Lipinski definition) is 3. The molecule has 27 heavy (non-hydrogen) atoms. The van der Waals surface area contributed by atoms with E-state index in [0.29, 0.717) is 0 Å². The standard InChI is InChI=1S/C20H37N5O.HI/c1-5-21-20(22-11-9-7-6-8-10-17(2)3)25-12-13-26-19(16-25)18-14-23-24(4)15-18;/h14-15,17,19H,5-13,16H2,1-4H3,(H,21,22);1H. The molecule has 1 fully saturated rings. The second-order valence-corrected chi connectivity index (χ2v) is 7.59. The van der Waals surface area contributed by atoms with E-state index < -0.39 is 0 Å². The van der Waals surface area contributed by atoms with Crippen LogP contribution < -0.4 is 5.32 Å². The predicted octanol–water partition coefficient (Wildman–Crippen LogP) is 3.98. The molecule has 0 spiro atoms. The summed E-state index contributed by atoms with van der Waals surface area (Å²) >= 11 is 0. The highest BCUT2D eigenvalue weighted by atomic mass is 127. The molecule has 1 aromatic rings. The van der Waals surface area contributed by atoms with Crippen LogP contribution in [0.1, 0.15) is 64.5 Å². The number of halogens is 1. The first kappa shape index (κ1) is 24.2. The van der Waals surface area contributed by atoms with Gasteiger partial charge in [-0.3, -0.25) is 9.67 Å². The quantitative estimate of drug-likeness (QED) is 0.246. The summed E-state index contributed by atoms with van der Waals surface area (Å²) in [4.78, 5) is 7.18. The van der Waals surface area contributed by atoms with Crippen LogP contribution in [0, 0.1) is 5.92 Å². The number of aromatic nitrogens is 2. The Labute approximate surface area is 182 Å². The highest BCUT2D eigenvalue weighted by Gasteiger charge is 2.25. The summed E-state index contributed by atoms with van der Waals surface area (Å²) < 4.78 is 7.78. The molecule has 1 atom stereocenters. The summed E-state index contributed by atoms with van der Waals surface area (Å²) in [6.07, 6.45) is 10.5. The second-order valence-electron chi connectivity index (χ2n) is 7.59. The molecule has 156 valence electrons. The van der Waals surface area contributed by atoms with Gasteiger partial charge in [0.1, 0.15) is 6.10 Å². The number of hydrogen-bond donors (Lipinski definition) is 1. The van der Waals surface area contributed by atoms with Crippen LogP contribution in [-0.2, 0) is 11.8 Å². The number of ether oxygens (including phenoxy) is 1. The topological polar surface area (TPSA) is 54.7 Å². The normalized spacial score (nSPS) is 17.9. The van der Waals surface area contributed by atoms with Crippen molar-refractivity contribution in [3.63, 3.8) is 0 Å². The number of nitrogens with zero attached hydrogens (tertiary/aromatic N) is 4. The van der Waals surface area contributed by atoms with Gasteiger partial charge in [-0.1, -0.05) is 39.5 Å². The Bertz CT molecular complexity index is 546. The van der Waals surface area contributed by atoms with Gasteiger partial charge in [-0.2, -0.15) is 5.10 Å². The minimum atomic E-state index is 0. The molecular weight excluding hydrogens is 453 g/mol. The molecule has 1 unspecified atom stereocenters. The average molecular weight is 491 g/mol. The number of nitrogens with one attached hydrogen (secondary N) is 1. The molecule has 0 aliphatic carbocycles. The predicted molar refractivity (Wildman–Crippen MR) is 123 cm³/mol. The maximum Gasteiger partial charge on any atom is 0.194 e. The molecule has 2 rings (SSSR count). The van der Waals surface area contributed by atoms with Gasteiger partial charge in [-0.05, 0) is 19.3 Å². The molecule has 1 saturated heterocycles. The van der Waals surface area contributed by atoms with Crippen LogP contribution in [0.3, 0.4) is 0 Å². The highest BCUT2D eigenvalue weighted by Crippen LogP contribution is 2.21. The van der Waals surface area contributed by atoms with Crippen molar-refractivity contribution in [1.29, 1.82) is 0 Å². The van der Waals surface area contributed by atoms with Crippen LogP contribution in [0.4, 0.5) is 0 Å². The van der Waals surface area contributed by atoms with Crippen molar-refractivity contribution in [1.82, 2.24) is 20.0 Å². The van der Waals surface area contributed by atoms with Crippen molar-refractivity contribution >= 4 is 29.9 Å². The summed E-state index contributed by atoms with van der Waals surface area (Å²) in [5, 5.41) is 7.71. The molecule has 1 aliphatic heterocycles. The summed E-state index contributed by atoms with van der Waals surface area (Å²) in [7, 11) is 1.94. The fourth-order valence-electron chi connectivity index (χ4n) is 3.28. The van der Waals surface area contributed by atoms with Crippen molar-refractivity contribution in [2.75, 3.05) is 32.8 Å². The van der Waals surface area contributed by atoms with Gasteiger partial charge in [0.15, 0.2) is 5.96 Å². The highest BCUT2D eigenvalue weighted by molar-refractivity contribution is 14.0. The minimum Gasteiger partial charge on any atom is -0.370 e. The first-order valence-electron chi connectivity index (χ1n) is 10.2. The van der Waals surface area contributed by atoms with E-state index in [1.165, 1.54) is 32.1 Å². The fraction of sp³-hybridized carbons (Fsp3) is 0.800. The minimum absolute atomic E-state index is 0. The van der Waals surface area contributed by atoms with Crippen molar-refractivity contribution < 1.29 is 4.74 Å². The van der Waals surface area contributed by atoms with Crippen LogP contribution in [0.5, 0.6) is 0 Å². The number of rotatable bonds is 9. The summed E-state index contributed by atoms with van der Waals surface area (Å²) in [5.74, 6) is 1.84. The van der Waals surface area contributed by atoms with Gasteiger partial charge in [0.2, 0.25) is 0 Å². The Hall–Kier alpha value is -0.830. The third-order valence-corrected chi connectivity index (χ3v) is 4.75. The van der Waals surface area contributed by atoms with Crippen LogP contribution in [0.2, 0.25) is 0 Å². The Morgan fingerprint density at radius 2 is 2.11 bits per heavy atom. The van der Waals surface area contributed by atoms with Gasteiger partial charge in [0, 0.05) is 38.4 Å². The lowest BCUT2D eigenvalue weighted by molar-refractivity contribution is -0.00804. The number of unbranched alkanes of at least 4 members (excludes halogenated alkanes) is 3. The number of guanidine groups is 1. The molecule has 2 heterocycles. The van der Waals surface area contributed by atoms with E-state index in [9.17, 15) is 0 Å². The Morgan fingerprint density at radius 1 is 1.33 bits per heavy atom. The first-order valence-corrected chi connectivity index (χ1v) is 10.2. The third-order valence-electron chi connectivity index (χ3n) is 4.75. The van der Waals surface area contributed by atoms with Crippen LogP contribution in [-0.4, -0.2) is 53.4 Å². The van der Waals surface area contributed by atoms with E-state index >= 15 is 0 Å². The Kier molecular flexibility index (Phi) is 12.0. The maximum atomic E-state index is 5.95. The zero-order chi connectivity index (χ0) is 18.8. The zero-order valence-corrected chi connectivity index (χ0v) is 19.8. The molecule has 0 amide bonds. The SMILES string of the molecule is CCNC(=NCCCCCCC(C)C)N1CCOC(c2cnn(C)c2)C1.I. The van der Waals surface area contributed by atoms with Crippen molar-refractivity contribution in [2.45, 2.75) is 59.0 Å². The molecule has 0 bridgehead atoms. The molecule has 7 heteroatoms. The number of morpholine rings is 1. The number of aliphatic imine (C=N–C) groups is 1. The molecular formula is C20H38IN5O. The Morgan fingerprint density at radius 3 is 2.78 bits per heavy atom. The molecule has 6 nitrogen and oxygen atoms in total. The van der Waals surface area contributed by atoms with Gasteiger partial charge in [0.25, 0.3) is 0 Å². The average Bonchev–Trinajstić information content (AvgIpc) is 3.06. The lowest BCUT2D eigenvalue weighted by Gasteiger charge is -2.34. The Balaban J connectivity index is 0.00000364. The molecule has 1 N–H and O–H groups in total. The van der Waals surface area contributed by atoms with E-state index in [-0.39, 0.29) is 30.1 Å². The zero-order valence-electron chi connectivity index (χ0n) is 17.5. The number of aryl methyl sites for hydroxylation is 1. The maximum absolute atomic E-state index is 5.95.